The van der Waals surface area contributed by atoms with E-state index in [1.54, 1.807) is 6.33 Å². The van der Waals surface area contributed by atoms with Crippen molar-refractivity contribution in [1.29, 1.82) is 0 Å². The number of aryl methyl sites for hydroxylation is 1. The lowest BCUT2D eigenvalue weighted by Gasteiger charge is -2.36. The van der Waals surface area contributed by atoms with E-state index >= 15 is 0 Å². The van der Waals surface area contributed by atoms with Crippen molar-refractivity contribution in [2.24, 2.45) is 7.05 Å². The lowest BCUT2D eigenvalue weighted by molar-refractivity contribution is -0.133. The Morgan fingerprint density at radius 3 is 2.50 bits per heavy atom. The molecule has 2 aromatic rings. The molecule has 0 saturated heterocycles. The van der Waals surface area contributed by atoms with Gasteiger partial charge in [0.05, 0.1) is 5.75 Å². The summed E-state index contributed by atoms with van der Waals surface area (Å²) >= 11 is 1.41. The first kappa shape index (κ1) is 16.5. The Bertz CT molecular complexity index is 619. The van der Waals surface area contributed by atoms with Crippen molar-refractivity contribution in [1.82, 2.24) is 19.7 Å². The van der Waals surface area contributed by atoms with Gasteiger partial charge in [-0.05, 0) is 26.3 Å². The second-order valence-electron chi connectivity index (χ2n) is 6.15. The number of rotatable bonds is 5. The molecule has 0 saturated carbocycles. The van der Waals surface area contributed by atoms with Crippen LogP contribution in [0.5, 0.6) is 0 Å². The maximum atomic E-state index is 12.6. The van der Waals surface area contributed by atoms with Crippen molar-refractivity contribution in [2.75, 3.05) is 5.75 Å². The zero-order valence-electron chi connectivity index (χ0n) is 13.5. The molecule has 0 fully saturated rings. The number of hydrogen-bond donors (Lipinski definition) is 0. The van der Waals surface area contributed by atoms with Gasteiger partial charge in [-0.3, -0.25) is 4.79 Å². The van der Waals surface area contributed by atoms with Crippen LogP contribution in [0, 0.1) is 0 Å². The van der Waals surface area contributed by atoms with Crippen molar-refractivity contribution < 1.29 is 4.79 Å². The van der Waals surface area contributed by atoms with Crippen LogP contribution in [0.15, 0.2) is 41.8 Å². The second-order valence-corrected chi connectivity index (χ2v) is 7.09. The van der Waals surface area contributed by atoms with E-state index in [1.807, 2.05) is 46.8 Å². The topological polar surface area (TPSA) is 51.0 Å². The summed E-state index contributed by atoms with van der Waals surface area (Å²) in [6, 6.07) is 10.1. The fourth-order valence-corrected chi connectivity index (χ4v) is 2.84. The highest BCUT2D eigenvalue weighted by Crippen LogP contribution is 2.21. The summed E-state index contributed by atoms with van der Waals surface area (Å²) in [6.07, 6.45) is 1.64. The van der Waals surface area contributed by atoms with Crippen LogP contribution in [0.3, 0.4) is 0 Å². The number of carbonyl (C=O) groups is 1. The summed E-state index contributed by atoms with van der Waals surface area (Å²) in [6.45, 7) is 6.78. The fraction of sp³-hybridized carbons (Fsp3) is 0.438. The molecule has 0 atom stereocenters. The van der Waals surface area contributed by atoms with Gasteiger partial charge in [-0.15, -0.1) is 10.2 Å². The Morgan fingerprint density at radius 1 is 1.27 bits per heavy atom. The van der Waals surface area contributed by atoms with E-state index in [0.29, 0.717) is 12.3 Å². The molecule has 0 spiro atoms. The second kappa shape index (κ2) is 6.96. The van der Waals surface area contributed by atoms with Crippen LogP contribution in [0.4, 0.5) is 0 Å². The molecule has 6 heteroatoms. The molecule has 0 bridgehead atoms. The van der Waals surface area contributed by atoms with E-state index in [-0.39, 0.29) is 11.4 Å². The van der Waals surface area contributed by atoms with E-state index in [2.05, 4.69) is 31.0 Å². The quantitative estimate of drug-likeness (QED) is 0.796. The zero-order chi connectivity index (χ0) is 16.2. The maximum Gasteiger partial charge on any atom is 0.233 e. The molecule has 1 aromatic carbocycles. The molecule has 118 valence electrons. The van der Waals surface area contributed by atoms with Gasteiger partial charge in [-0.1, -0.05) is 42.1 Å². The number of carbonyl (C=O) groups excluding carboxylic acids is 1. The zero-order valence-corrected chi connectivity index (χ0v) is 14.3. The summed E-state index contributed by atoms with van der Waals surface area (Å²) in [5, 5.41) is 8.58. The third-order valence-corrected chi connectivity index (χ3v) is 4.31. The average Bonchev–Trinajstić information content (AvgIpc) is 2.87. The third-order valence-electron chi connectivity index (χ3n) is 3.29. The van der Waals surface area contributed by atoms with Crippen LogP contribution < -0.4 is 0 Å². The molecule has 0 aliphatic heterocycles. The summed E-state index contributed by atoms with van der Waals surface area (Å²) in [5.74, 6) is 0.459. The normalized spacial score (nSPS) is 11.5. The smallest absolute Gasteiger partial charge is 0.233 e. The Balaban J connectivity index is 2.05. The third kappa shape index (κ3) is 4.34. The van der Waals surface area contributed by atoms with Gasteiger partial charge >= 0.3 is 0 Å². The van der Waals surface area contributed by atoms with Gasteiger partial charge in [0, 0.05) is 19.1 Å². The standard InChI is InChI=1S/C16H22N4OS/c1-16(2,3)20(10-13-8-6-5-7-9-13)14(21)11-22-15-18-17-12-19(15)4/h5-9,12H,10-11H2,1-4H3. The minimum Gasteiger partial charge on any atom is -0.333 e. The highest BCUT2D eigenvalue weighted by Gasteiger charge is 2.26. The van der Waals surface area contributed by atoms with Crippen molar-refractivity contribution in [3.63, 3.8) is 0 Å². The van der Waals surface area contributed by atoms with Crippen molar-refractivity contribution in [3.8, 4) is 0 Å². The molecule has 22 heavy (non-hydrogen) atoms. The van der Waals surface area contributed by atoms with Crippen LogP contribution in [0.25, 0.3) is 0 Å². The Kier molecular flexibility index (Phi) is 5.24. The molecule has 1 aromatic heterocycles. The van der Waals surface area contributed by atoms with Crippen LogP contribution in [0.1, 0.15) is 26.3 Å². The predicted octanol–water partition coefficient (Wildman–Crippen LogP) is 2.73. The molecule has 0 N–H and O–H groups in total. The van der Waals surface area contributed by atoms with E-state index in [0.717, 1.165) is 10.7 Å². The molecule has 1 amide bonds. The monoisotopic (exact) mass is 318 g/mol. The first-order valence-electron chi connectivity index (χ1n) is 7.19. The minimum atomic E-state index is -0.229. The summed E-state index contributed by atoms with van der Waals surface area (Å²) in [4.78, 5) is 14.6. The summed E-state index contributed by atoms with van der Waals surface area (Å²) < 4.78 is 1.82. The van der Waals surface area contributed by atoms with E-state index in [4.69, 9.17) is 0 Å². The number of hydrogen-bond acceptors (Lipinski definition) is 4. The first-order valence-corrected chi connectivity index (χ1v) is 8.17. The number of amides is 1. The van der Waals surface area contributed by atoms with Gasteiger partial charge in [-0.2, -0.15) is 0 Å². The minimum absolute atomic E-state index is 0.101. The van der Waals surface area contributed by atoms with E-state index < -0.39 is 0 Å². The number of benzene rings is 1. The van der Waals surface area contributed by atoms with Crippen molar-refractivity contribution >= 4 is 17.7 Å². The molecule has 0 unspecified atom stereocenters. The molecule has 2 rings (SSSR count). The number of thioether (sulfide) groups is 1. The average molecular weight is 318 g/mol. The number of aromatic nitrogens is 3. The van der Waals surface area contributed by atoms with Gasteiger partial charge < -0.3 is 9.47 Å². The Morgan fingerprint density at radius 2 is 1.95 bits per heavy atom. The van der Waals surface area contributed by atoms with Crippen molar-refractivity contribution in [2.45, 2.75) is 38.0 Å². The van der Waals surface area contributed by atoms with Gasteiger partial charge in [0.1, 0.15) is 6.33 Å². The summed E-state index contributed by atoms with van der Waals surface area (Å²) in [7, 11) is 1.87. The molecule has 0 radical (unpaired) electrons. The van der Waals surface area contributed by atoms with Gasteiger partial charge in [0.2, 0.25) is 5.91 Å². The molecular formula is C16H22N4OS. The van der Waals surface area contributed by atoms with Crippen molar-refractivity contribution in [3.05, 3.63) is 42.2 Å². The first-order chi connectivity index (χ1) is 10.4. The molecule has 5 nitrogen and oxygen atoms in total. The van der Waals surface area contributed by atoms with E-state index in [1.165, 1.54) is 11.8 Å². The van der Waals surface area contributed by atoms with Crippen LogP contribution in [-0.4, -0.2) is 36.9 Å². The Hall–Kier alpha value is -1.82. The fourth-order valence-electron chi connectivity index (χ4n) is 2.07. The molecule has 0 aliphatic rings. The maximum absolute atomic E-state index is 12.6. The predicted molar refractivity (Wildman–Crippen MR) is 88.5 cm³/mol. The SMILES string of the molecule is Cn1cnnc1SCC(=O)N(Cc1ccccc1)C(C)(C)C. The summed E-state index contributed by atoms with van der Waals surface area (Å²) in [5.41, 5.74) is 0.905. The van der Waals surface area contributed by atoms with Crippen LogP contribution in [0.2, 0.25) is 0 Å². The van der Waals surface area contributed by atoms with Gasteiger partial charge in [0.15, 0.2) is 5.16 Å². The lowest BCUT2D eigenvalue weighted by atomic mass is 10.0. The molecular weight excluding hydrogens is 296 g/mol. The van der Waals surface area contributed by atoms with Crippen LogP contribution in [-0.2, 0) is 18.4 Å². The lowest BCUT2D eigenvalue weighted by Crippen LogP contribution is -2.45. The van der Waals surface area contributed by atoms with E-state index in [9.17, 15) is 4.79 Å². The van der Waals surface area contributed by atoms with Crippen LogP contribution >= 0.6 is 11.8 Å². The van der Waals surface area contributed by atoms with Gasteiger partial charge in [0.25, 0.3) is 0 Å². The highest BCUT2D eigenvalue weighted by molar-refractivity contribution is 7.99. The molecule has 1 heterocycles. The number of nitrogens with zero attached hydrogens (tertiary/aromatic N) is 4. The largest absolute Gasteiger partial charge is 0.333 e. The Labute approximate surface area is 135 Å². The van der Waals surface area contributed by atoms with Gasteiger partial charge in [-0.25, -0.2) is 0 Å². The molecule has 0 aliphatic carbocycles. The highest BCUT2D eigenvalue weighted by atomic mass is 32.2.